The number of aryl methyl sites for hydroxylation is 2. The first-order chi connectivity index (χ1) is 12.3. The number of fused-ring (bicyclic) bond motifs is 1. The molecule has 0 bridgehead atoms. The molecule has 2 heterocycles. The van der Waals surface area contributed by atoms with E-state index in [9.17, 15) is 0 Å². The average Bonchev–Trinajstić information content (AvgIpc) is 3.26. The molecule has 0 aliphatic heterocycles. The van der Waals surface area contributed by atoms with E-state index >= 15 is 0 Å². The monoisotopic (exact) mass is 354 g/mol. The SMILES string of the molecule is CCc1noc(C(C)Sc2nc3c(n2-c2ccccc2)CCCC3)n1. The number of nitrogens with zero attached hydrogens (tertiary/aromatic N) is 4. The third kappa shape index (κ3) is 3.23. The molecule has 4 rings (SSSR count). The quantitative estimate of drug-likeness (QED) is 0.629. The summed E-state index contributed by atoms with van der Waals surface area (Å²) in [4.78, 5) is 9.43. The van der Waals surface area contributed by atoms with Crippen molar-refractivity contribution in [3.63, 3.8) is 0 Å². The second kappa shape index (κ2) is 7.04. The molecule has 0 fully saturated rings. The van der Waals surface area contributed by atoms with Crippen LogP contribution in [-0.4, -0.2) is 19.7 Å². The summed E-state index contributed by atoms with van der Waals surface area (Å²) in [7, 11) is 0. The molecule has 0 radical (unpaired) electrons. The number of para-hydroxylation sites is 1. The van der Waals surface area contributed by atoms with Crippen molar-refractivity contribution in [3.05, 3.63) is 53.4 Å². The summed E-state index contributed by atoms with van der Waals surface area (Å²) in [6, 6.07) is 10.5. The summed E-state index contributed by atoms with van der Waals surface area (Å²) < 4.78 is 7.73. The third-order valence-electron chi connectivity index (χ3n) is 4.55. The van der Waals surface area contributed by atoms with Crippen LogP contribution in [0.25, 0.3) is 5.69 Å². The summed E-state index contributed by atoms with van der Waals surface area (Å²) in [6.45, 7) is 4.13. The Morgan fingerprint density at radius 3 is 2.72 bits per heavy atom. The molecule has 1 aromatic carbocycles. The topological polar surface area (TPSA) is 56.7 Å². The van der Waals surface area contributed by atoms with E-state index in [1.54, 1.807) is 11.8 Å². The van der Waals surface area contributed by atoms with E-state index in [2.05, 4.69) is 45.9 Å². The van der Waals surface area contributed by atoms with E-state index in [1.165, 1.54) is 29.9 Å². The van der Waals surface area contributed by atoms with Gasteiger partial charge in [-0.1, -0.05) is 42.0 Å². The lowest BCUT2D eigenvalue weighted by atomic mass is 10.0. The molecule has 0 amide bonds. The molecule has 1 atom stereocenters. The molecule has 1 unspecified atom stereocenters. The van der Waals surface area contributed by atoms with Crippen molar-refractivity contribution in [2.75, 3.05) is 0 Å². The molecule has 3 aromatic rings. The summed E-state index contributed by atoms with van der Waals surface area (Å²) in [6.07, 6.45) is 5.40. The highest BCUT2D eigenvalue weighted by atomic mass is 32.2. The van der Waals surface area contributed by atoms with E-state index in [-0.39, 0.29) is 5.25 Å². The highest BCUT2D eigenvalue weighted by Crippen LogP contribution is 2.37. The molecule has 5 nitrogen and oxygen atoms in total. The molecule has 0 saturated carbocycles. The predicted octanol–water partition coefficient (Wildman–Crippen LogP) is 4.55. The molecule has 0 N–H and O–H groups in total. The third-order valence-corrected chi connectivity index (χ3v) is 5.59. The number of aromatic nitrogens is 4. The van der Waals surface area contributed by atoms with Gasteiger partial charge in [-0.15, -0.1) is 0 Å². The van der Waals surface area contributed by atoms with Gasteiger partial charge in [0.05, 0.1) is 10.9 Å². The standard InChI is InChI=1S/C19H22N4OS/c1-3-17-21-18(24-22-17)13(2)25-19-20-15-11-7-8-12-16(15)23(19)14-9-5-4-6-10-14/h4-6,9-10,13H,3,7-8,11-12H2,1-2H3. The molecular formula is C19H22N4OS. The van der Waals surface area contributed by atoms with E-state index in [4.69, 9.17) is 9.51 Å². The molecular weight excluding hydrogens is 332 g/mol. The molecule has 25 heavy (non-hydrogen) atoms. The zero-order valence-corrected chi connectivity index (χ0v) is 15.4. The molecule has 1 aliphatic rings. The Labute approximate surface area is 151 Å². The number of hydrogen-bond acceptors (Lipinski definition) is 5. The van der Waals surface area contributed by atoms with E-state index < -0.39 is 0 Å². The van der Waals surface area contributed by atoms with Gasteiger partial charge in [0.2, 0.25) is 5.89 Å². The highest BCUT2D eigenvalue weighted by Gasteiger charge is 2.24. The maximum absolute atomic E-state index is 5.42. The van der Waals surface area contributed by atoms with Crippen LogP contribution in [0.4, 0.5) is 0 Å². The minimum atomic E-state index is 0.0686. The summed E-state index contributed by atoms with van der Waals surface area (Å²) in [5.41, 5.74) is 3.77. The summed E-state index contributed by atoms with van der Waals surface area (Å²) >= 11 is 1.69. The van der Waals surface area contributed by atoms with Crippen molar-refractivity contribution in [2.24, 2.45) is 0 Å². The van der Waals surface area contributed by atoms with Crippen LogP contribution < -0.4 is 0 Å². The highest BCUT2D eigenvalue weighted by molar-refractivity contribution is 7.99. The van der Waals surface area contributed by atoms with Gasteiger partial charge in [0.15, 0.2) is 11.0 Å². The van der Waals surface area contributed by atoms with Gasteiger partial charge in [0, 0.05) is 17.8 Å². The summed E-state index contributed by atoms with van der Waals surface area (Å²) in [5, 5.41) is 5.10. The Kier molecular flexibility index (Phi) is 4.61. The van der Waals surface area contributed by atoms with Crippen molar-refractivity contribution in [2.45, 2.75) is 56.4 Å². The Balaban J connectivity index is 1.70. The first-order valence-electron chi connectivity index (χ1n) is 8.91. The van der Waals surface area contributed by atoms with Gasteiger partial charge in [-0.3, -0.25) is 4.57 Å². The molecule has 130 valence electrons. The Bertz CT molecular complexity index is 856. The van der Waals surface area contributed by atoms with Crippen LogP contribution in [0.5, 0.6) is 0 Å². The predicted molar refractivity (Wildman–Crippen MR) is 98.2 cm³/mol. The maximum atomic E-state index is 5.42. The first-order valence-corrected chi connectivity index (χ1v) is 9.79. The lowest BCUT2D eigenvalue weighted by molar-refractivity contribution is 0.375. The van der Waals surface area contributed by atoms with Crippen LogP contribution in [0.1, 0.15) is 55.0 Å². The van der Waals surface area contributed by atoms with Gasteiger partial charge < -0.3 is 4.52 Å². The fraction of sp³-hybridized carbons (Fsp3) is 0.421. The van der Waals surface area contributed by atoms with E-state index in [0.29, 0.717) is 5.89 Å². The lowest BCUT2D eigenvalue weighted by Gasteiger charge is -2.15. The fourth-order valence-corrected chi connectivity index (χ4v) is 4.22. The zero-order valence-electron chi connectivity index (χ0n) is 14.6. The second-order valence-electron chi connectivity index (χ2n) is 6.33. The number of imidazole rings is 1. The van der Waals surface area contributed by atoms with Crippen LogP contribution in [0.2, 0.25) is 0 Å². The average molecular weight is 354 g/mol. The molecule has 2 aromatic heterocycles. The Morgan fingerprint density at radius 1 is 1.16 bits per heavy atom. The second-order valence-corrected chi connectivity index (χ2v) is 7.64. The van der Waals surface area contributed by atoms with Crippen molar-refractivity contribution >= 4 is 11.8 Å². The van der Waals surface area contributed by atoms with Gasteiger partial charge in [-0.2, -0.15) is 4.98 Å². The van der Waals surface area contributed by atoms with Crippen molar-refractivity contribution < 1.29 is 4.52 Å². The van der Waals surface area contributed by atoms with Crippen molar-refractivity contribution in [3.8, 4) is 5.69 Å². The number of benzene rings is 1. The van der Waals surface area contributed by atoms with Crippen LogP contribution in [0.15, 0.2) is 40.0 Å². The zero-order chi connectivity index (χ0) is 17.2. The van der Waals surface area contributed by atoms with Crippen LogP contribution in [-0.2, 0) is 19.3 Å². The maximum Gasteiger partial charge on any atom is 0.239 e. The van der Waals surface area contributed by atoms with Crippen molar-refractivity contribution in [1.29, 1.82) is 0 Å². The number of rotatable bonds is 5. The van der Waals surface area contributed by atoms with Gasteiger partial charge in [0.1, 0.15) is 0 Å². The largest absolute Gasteiger partial charge is 0.338 e. The lowest BCUT2D eigenvalue weighted by Crippen LogP contribution is -2.07. The van der Waals surface area contributed by atoms with Crippen LogP contribution in [0, 0.1) is 0 Å². The number of thioether (sulfide) groups is 1. The number of hydrogen-bond donors (Lipinski definition) is 0. The van der Waals surface area contributed by atoms with Gasteiger partial charge in [-0.05, 0) is 44.7 Å². The normalized spacial score (nSPS) is 15.1. The minimum absolute atomic E-state index is 0.0686. The van der Waals surface area contributed by atoms with E-state index in [1.807, 2.05) is 13.0 Å². The van der Waals surface area contributed by atoms with Crippen LogP contribution in [0.3, 0.4) is 0 Å². The Hall–Kier alpha value is -2.08. The van der Waals surface area contributed by atoms with Crippen molar-refractivity contribution in [1.82, 2.24) is 19.7 Å². The van der Waals surface area contributed by atoms with Gasteiger partial charge in [-0.25, -0.2) is 4.98 Å². The minimum Gasteiger partial charge on any atom is -0.338 e. The first kappa shape index (κ1) is 16.4. The van der Waals surface area contributed by atoms with Crippen LogP contribution >= 0.6 is 11.8 Å². The molecule has 1 aliphatic carbocycles. The smallest absolute Gasteiger partial charge is 0.239 e. The van der Waals surface area contributed by atoms with E-state index in [0.717, 1.165) is 30.2 Å². The Morgan fingerprint density at radius 2 is 1.96 bits per heavy atom. The van der Waals surface area contributed by atoms with Gasteiger partial charge in [0.25, 0.3) is 0 Å². The molecule has 6 heteroatoms. The van der Waals surface area contributed by atoms with Gasteiger partial charge >= 0.3 is 0 Å². The summed E-state index contributed by atoms with van der Waals surface area (Å²) in [5.74, 6) is 1.43. The molecule has 0 spiro atoms. The fourth-order valence-electron chi connectivity index (χ4n) is 3.22. The molecule has 0 saturated heterocycles.